The van der Waals surface area contributed by atoms with Gasteiger partial charge in [-0.25, -0.2) is 0 Å². The molecule has 1 N–H and O–H groups in total. The molecule has 0 atom stereocenters. The van der Waals surface area contributed by atoms with Gasteiger partial charge in [0.15, 0.2) is 0 Å². The van der Waals surface area contributed by atoms with E-state index in [1.807, 2.05) is 10.9 Å². The molecule has 16 heavy (non-hydrogen) atoms. The fourth-order valence-corrected chi connectivity index (χ4v) is 2.30. The van der Waals surface area contributed by atoms with Crippen LogP contribution in [0.4, 0.5) is 0 Å². The number of nitrogens with zero attached hydrogens (tertiary/aromatic N) is 3. The first-order valence-corrected chi connectivity index (χ1v) is 6.19. The SMILES string of the molecule is CC(C)(O)c1cn(CC2CCCCC2)nn1. The molecule has 0 bridgehead atoms. The zero-order valence-corrected chi connectivity index (χ0v) is 10.2. The molecule has 0 amide bonds. The summed E-state index contributed by atoms with van der Waals surface area (Å²) in [5, 5.41) is 17.9. The molecule has 1 saturated carbocycles. The summed E-state index contributed by atoms with van der Waals surface area (Å²) in [5.41, 5.74) is -0.228. The van der Waals surface area contributed by atoms with Gasteiger partial charge in [0.2, 0.25) is 0 Å². The number of hydrogen-bond acceptors (Lipinski definition) is 3. The summed E-state index contributed by atoms with van der Waals surface area (Å²) in [6.45, 7) is 4.42. The molecule has 4 nitrogen and oxygen atoms in total. The molecule has 1 heterocycles. The lowest BCUT2D eigenvalue weighted by Crippen LogP contribution is -2.16. The first-order chi connectivity index (χ1) is 7.55. The molecule has 1 fully saturated rings. The Balaban J connectivity index is 1.97. The molecule has 0 aliphatic heterocycles. The Morgan fingerprint density at radius 2 is 2.06 bits per heavy atom. The highest BCUT2D eigenvalue weighted by Crippen LogP contribution is 2.25. The largest absolute Gasteiger partial charge is 0.384 e. The molecule has 0 aromatic carbocycles. The van der Waals surface area contributed by atoms with Crippen LogP contribution in [0.1, 0.15) is 51.6 Å². The Labute approximate surface area is 96.7 Å². The van der Waals surface area contributed by atoms with E-state index in [1.165, 1.54) is 32.1 Å². The third kappa shape index (κ3) is 2.82. The lowest BCUT2D eigenvalue weighted by Gasteiger charge is -2.20. The van der Waals surface area contributed by atoms with Crippen molar-refractivity contribution in [2.45, 2.75) is 58.1 Å². The maximum atomic E-state index is 9.79. The molecule has 1 aromatic heterocycles. The minimum Gasteiger partial charge on any atom is -0.384 e. The lowest BCUT2D eigenvalue weighted by atomic mass is 9.89. The van der Waals surface area contributed by atoms with Crippen LogP contribution in [0, 0.1) is 5.92 Å². The summed E-state index contributed by atoms with van der Waals surface area (Å²) in [7, 11) is 0. The van der Waals surface area contributed by atoms with E-state index < -0.39 is 5.60 Å². The van der Waals surface area contributed by atoms with Crippen molar-refractivity contribution in [3.05, 3.63) is 11.9 Å². The van der Waals surface area contributed by atoms with Crippen LogP contribution >= 0.6 is 0 Å². The van der Waals surface area contributed by atoms with Crippen LogP contribution in [0.5, 0.6) is 0 Å². The average molecular weight is 223 g/mol. The van der Waals surface area contributed by atoms with Crippen molar-refractivity contribution in [1.82, 2.24) is 15.0 Å². The fraction of sp³-hybridized carbons (Fsp3) is 0.833. The predicted molar refractivity (Wildman–Crippen MR) is 61.8 cm³/mol. The smallest absolute Gasteiger partial charge is 0.114 e. The second-order valence-electron chi connectivity index (χ2n) is 5.39. The van der Waals surface area contributed by atoms with Gasteiger partial charge in [-0.15, -0.1) is 5.10 Å². The Morgan fingerprint density at radius 3 is 2.62 bits per heavy atom. The van der Waals surface area contributed by atoms with Crippen molar-refractivity contribution in [2.75, 3.05) is 0 Å². The predicted octanol–water partition coefficient (Wildman–Crippen LogP) is 2.09. The summed E-state index contributed by atoms with van der Waals surface area (Å²) in [5.74, 6) is 0.741. The number of rotatable bonds is 3. The molecule has 2 rings (SSSR count). The van der Waals surface area contributed by atoms with Crippen molar-refractivity contribution in [3.63, 3.8) is 0 Å². The van der Waals surface area contributed by atoms with Gasteiger partial charge in [-0.3, -0.25) is 4.68 Å². The van der Waals surface area contributed by atoms with E-state index >= 15 is 0 Å². The van der Waals surface area contributed by atoms with Gasteiger partial charge in [0, 0.05) is 6.54 Å². The van der Waals surface area contributed by atoms with Crippen LogP contribution in [0.2, 0.25) is 0 Å². The van der Waals surface area contributed by atoms with Gasteiger partial charge in [0.1, 0.15) is 11.3 Å². The van der Waals surface area contributed by atoms with E-state index in [0.29, 0.717) is 5.69 Å². The summed E-state index contributed by atoms with van der Waals surface area (Å²) in [6.07, 6.45) is 8.54. The molecule has 1 aromatic rings. The first kappa shape index (κ1) is 11.6. The Hall–Kier alpha value is -0.900. The van der Waals surface area contributed by atoms with E-state index in [-0.39, 0.29) is 0 Å². The normalized spacial score (nSPS) is 18.9. The summed E-state index contributed by atoms with van der Waals surface area (Å²) < 4.78 is 1.88. The fourth-order valence-electron chi connectivity index (χ4n) is 2.30. The molecular formula is C12H21N3O. The minimum absolute atomic E-state index is 0.656. The maximum Gasteiger partial charge on any atom is 0.114 e. The van der Waals surface area contributed by atoms with Gasteiger partial charge in [-0.1, -0.05) is 24.5 Å². The van der Waals surface area contributed by atoms with Gasteiger partial charge in [0.05, 0.1) is 6.20 Å². The van der Waals surface area contributed by atoms with Crippen molar-refractivity contribution in [3.8, 4) is 0 Å². The highest BCUT2D eigenvalue weighted by Gasteiger charge is 2.21. The average Bonchev–Trinajstić information content (AvgIpc) is 2.67. The molecule has 0 spiro atoms. The summed E-state index contributed by atoms with van der Waals surface area (Å²) in [6, 6.07) is 0. The quantitative estimate of drug-likeness (QED) is 0.853. The third-order valence-corrected chi connectivity index (χ3v) is 3.34. The van der Waals surface area contributed by atoms with Crippen molar-refractivity contribution in [1.29, 1.82) is 0 Å². The van der Waals surface area contributed by atoms with Crippen molar-refractivity contribution in [2.24, 2.45) is 5.92 Å². The third-order valence-electron chi connectivity index (χ3n) is 3.34. The van der Waals surface area contributed by atoms with Crippen LogP contribution < -0.4 is 0 Å². The number of aliphatic hydroxyl groups is 1. The van der Waals surface area contributed by atoms with Crippen LogP contribution in [-0.4, -0.2) is 20.1 Å². The second kappa shape index (κ2) is 4.53. The maximum absolute atomic E-state index is 9.79. The topological polar surface area (TPSA) is 50.9 Å². The summed E-state index contributed by atoms with van der Waals surface area (Å²) >= 11 is 0. The van der Waals surface area contributed by atoms with Crippen LogP contribution in [0.3, 0.4) is 0 Å². The van der Waals surface area contributed by atoms with Gasteiger partial charge >= 0.3 is 0 Å². The number of hydrogen-bond donors (Lipinski definition) is 1. The highest BCUT2D eigenvalue weighted by molar-refractivity contribution is 5.02. The van der Waals surface area contributed by atoms with E-state index in [2.05, 4.69) is 10.3 Å². The zero-order chi connectivity index (χ0) is 11.6. The molecule has 4 heteroatoms. The van der Waals surface area contributed by atoms with E-state index in [1.54, 1.807) is 13.8 Å². The minimum atomic E-state index is -0.884. The van der Waals surface area contributed by atoms with Crippen LogP contribution in [0.15, 0.2) is 6.20 Å². The van der Waals surface area contributed by atoms with Crippen LogP contribution in [0.25, 0.3) is 0 Å². The first-order valence-electron chi connectivity index (χ1n) is 6.19. The van der Waals surface area contributed by atoms with E-state index in [9.17, 15) is 5.11 Å². The van der Waals surface area contributed by atoms with Crippen molar-refractivity contribution >= 4 is 0 Å². The Kier molecular flexibility index (Phi) is 3.28. The summed E-state index contributed by atoms with van der Waals surface area (Å²) in [4.78, 5) is 0. The zero-order valence-electron chi connectivity index (χ0n) is 10.2. The molecule has 0 unspecified atom stereocenters. The lowest BCUT2D eigenvalue weighted by molar-refractivity contribution is 0.0737. The monoisotopic (exact) mass is 223 g/mol. The van der Waals surface area contributed by atoms with E-state index in [4.69, 9.17) is 0 Å². The van der Waals surface area contributed by atoms with Gasteiger partial charge in [-0.05, 0) is 32.6 Å². The van der Waals surface area contributed by atoms with E-state index in [0.717, 1.165) is 12.5 Å². The molecule has 90 valence electrons. The van der Waals surface area contributed by atoms with Gasteiger partial charge < -0.3 is 5.11 Å². The van der Waals surface area contributed by atoms with Gasteiger partial charge in [0.25, 0.3) is 0 Å². The van der Waals surface area contributed by atoms with Gasteiger partial charge in [-0.2, -0.15) is 0 Å². The molecule has 0 radical (unpaired) electrons. The number of aromatic nitrogens is 3. The standard InChI is InChI=1S/C12H21N3O/c1-12(2,16)11-9-15(14-13-11)8-10-6-4-3-5-7-10/h9-10,16H,3-8H2,1-2H3. The molecule has 0 saturated heterocycles. The molecule has 1 aliphatic carbocycles. The molecular weight excluding hydrogens is 202 g/mol. The second-order valence-corrected chi connectivity index (χ2v) is 5.39. The highest BCUT2D eigenvalue weighted by atomic mass is 16.3. The molecule has 1 aliphatic rings. The Morgan fingerprint density at radius 1 is 1.38 bits per heavy atom. The van der Waals surface area contributed by atoms with Crippen molar-refractivity contribution < 1.29 is 5.11 Å². The Bertz CT molecular complexity index is 334. The van der Waals surface area contributed by atoms with Crippen LogP contribution in [-0.2, 0) is 12.1 Å².